The summed E-state index contributed by atoms with van der Waals surface area (Å²) in [6.45, 7) is 3.05. The first kappa shape index (κ1) is 16.4. The lowest BCUT2D eigenvalue weighted by atomic mass is 10.4. The molecule has 1 heterocycles. The van der Waals surface area contributed by atoms with E-state index in [1.165, 1.54) is 20.2 Å². The molecular weight excluding hydrogens is 284 g/mol. The third-order valence-electron chi connectivity index (χ3n) is 2.40. The highest BCUT2D eigenvalue weighted by Crippen LogP contribution is 2.10. The number of carbonyl (C=O) groups excluding carboxylic acids is 1. The van der Waals surface area contributed by atoms with Gasteiger partial charge in [-0.3, -0.25) is 9.59 Å². The van der Waals surface area contributed by atoms with E-state index >= 15 is 0 Å². The van der Waals surface area contributed by atoms with Crippen molar-refractivity contribution in [3.8, 4) is 0 Å². The van der Waals surface area contributed by atoms with E-state index in [-0.39, 0.29) is 17.5 Å². The van der Waals surface area contributed by atoms with Gasteiger partial charge in [-0.2, -0.15) is 0 Å². The topological polar surface area (TPSA) is 85.7 Å². The van der Waals surface area contributed by atoms with Gasteiger partial charge in [-0.15, -0.1) is 0 Å². The van der Waals surface area contributed by atoms with E-state index in [1.54, 1.807) is 13.8 Å². The van der Waals surface area contributed by atoms with Gasteiger partial charge in [0, 0.05) is 26.4 Å². The lowest BCUT2D eigenvalue weighted by Gasteiger charge is -2.13. The summed E-state index contributed by atoms with van der Waals surface area (Å²) in [5.41, 5.74) is -0.469. The molecule has 0 saturated carbocycles. The maximum absolute atomic E-state index is 12.0. The number of hydrogen-bond acceptors (Lipinski definition) is 5. The van der Waals surface area contributed by atoms with Gasteiger partial charge in [0.1, 0.15) is 6.54 Å². The van der Waals surface area contributed by atoms with Gasteiger partial charge in [0.2, 0.25) is 10.0 Å². The minimum absolute atomic E-state index is 0.0561. The number of ether oxygens (including phenoxy) is 1. The Morgan fingerprint density at radius 1 is 1.35 bits per heavy atom. The average molecular weight is 302 g/mol. The first-order valence-corrected chi connectivity index (χ1v) is 7.41. The van der Waals surface area contributed by atoms with E-state index in [0.29, 0.717) is 0 Å². The van der Waals surface area contributed by atoms with Crippen molar-refractivity contribution in [3.63, 3.8) is 0 Å². The van der Waals surface area contributed by atoms with E-state index in [2.05, 4.69) is 0 Å². The monoisotopic (exact) mass is 302 g/mol. The summed E-state index contributed by atoms with van der Waals surface area (Å²) in [5, 5.41) is 0. The van der Waals surface area contributed by atoms with Crippen molar-refractivity contribution in [1.82, 2.24) is 8.87 Å². The standard InChI is InChI=1S/C12H18N2O5S/c1-9(2)19-12(16)8-14-7-10(5-6-11(14)15)20(17,18)13(3)4/h5-7,9H,8H2,1-4H3. The summed E-state index contributed by atoms with van der Waals surface area (Å²) in [4.78, 5) is 23.1. The summed E-state index contributed by atoms with van der Waals surface area (Å²) in [6.07, 6.45) is 0.839. The predicted octanol–water partition coefficient (Wildman–Crippen LogP) is 0.0502. The number of carbonyl (C=O) groups is 1. The van der Waals surface area contributed by atoms with E-state index in [4.69, 9.17) is 4.74 Å². The fraction of sp³-hybridized carbons (Fsp3) is 0.500. The molecule has 0 saturated heterocycles. The van der Waals surface area contributed by atoms with Crippen molar-refractivity contribution in [3.05, 3.63) is 28.7 Å². The van der Waals surface area contributed by atoms with Gasteiger partial charge in [-0.05, 0) is 19.9 Å². The molecule has 0 aromatic carbocycles. The largest absolute Gasteiger partial charge is 0.462 e. The van der Waals surface area contributed by atoms with Gasteiger partial charge in [0.25, 0.3) is 5.56 Å². The molecule has 0 atom stereocenters. The zero-order chi connectivity index (χ0) is 15.5. The third-order valence-corrected chi connectivity index (χ3v) is 4.20. The van der Waals surface area contributed by atoms with Crippen LogP contribution in [0.1, 0.15) is 13.8 Å². The predicted molar refractivity (Wildman–Crippen MR) is 72.8 cm³/mol. The highest BCUT2D eigenvalue weighted by Gasteiger charge is 2.19. The van der Waals surface area contributed by atoms with Crippen LogP contribution >= 0.6 is 0 Å². The summed E-state index contributed by atoms with van der Waals surface area (Å²) in [5.74, 6) is -0.596. The zero-order valence-electron chi connectivity index (χ0n) is 11.9. The van der Waals surface area contributed by atoms with E-state index in [9.17, 15) is 18.0 Å². The van der Waals surface area contributed by atoms with Crippen molar-refractivity contribution in [2.24, 2.45) is 0 Å². The van der Waals surface area contributed by atoms with Crippen LogP contribution in [0.4, 0.5) is 0 Å². The molecule has 0 amide bonds. The zero-order valence-corrected chi connectivity index (χ0v) is 12.7. The van der Waals surface area contributed by atoms with Crippen LogP contribution in [-0.4, -0.2) is 43.5 Å². The Morgan fingerprint density at radius 3 is 2.45 bits per heavy atom. The molecule has 0 aliphatic carbocycles. The molecule has 1 rings (SSSR count). The number of pyridine rings is 1. The molecule has 1 aromatic heterocycles. The van der Waals surface area contributed by atoms with E-state index < -0.39 is 21.6 Å². The highest BCUT2D eigenvalue weighted by atomic mass is 32.2. The first-order valence-electron chi connectivity index (χ1n) is 5.97. The van der Waals surface area contributed by atoms with Crippen LogP contribution in [-0.2, 0) is 26.1 Å². The minimum atomic E-state index is -3.65. The third kappa shape index (κ3) is 3.91. The smallest absolute Gasteiger partial charge is 0.326 e. The minimum Gasteiger partial charge on any atom is -0.462 e. The Hall–Kier alpha value is -1.67. The van der Waals surface area contributed by atoms with Gasteiger partial charge in [-0.1, -0.05) is 0 Å². The molecule has 20 heavy (non-hydrogen) atoms. The summed E-state index contributed by atoms with van der Waals surface area (Å²) in [6, 6.07) is 2.32. The Morgan fingerprint density at radius 2 is 1.95 bits per heavy atom. The number of aromatic nitrogens is 1. The summed E-state index contributed by atoms with van der Waals surface area (Å²) < 4.78 is 30.9. The normalized spacial score (nSPS) is 11.9. The molecule has 0 bridgehead atoms. The van der Waals surface area contributed by atoms with Crippen molar-refractivity contribution in [2.45, 2.75) is 31.4 Å². The van der Waals surface area contributed by atoms with Crippen LogP contribution in [0, 0.1) is 0 Å². The van der Waals surface area contributed by atoms with Gasteiger partial charge in [0.15, 0.2) is 0 Å². The molecular formula is C12H18N2O5S. The van der Waals surface area contributed by atoms with Gasteiger partial charge >= 0.3 is 5.97 Å². The van der Waals surface area contributed by atoms with Crippen molar-refractivity contribution in [1.29, 1.82) is 0 Å². The van der Waals surface area contributed by atoms with Crippen molar-refractivity contribution >= 4 is 16.0 Å². The van der Waals surface area contributed by atoms with Crippen molar-refractivity contribution in [2.75, 3.05) is 14.1 Å². The molecule has 8 heteroatoms. The van der Waals surface area contributed by atoms with Crippen LogP contribution in [0.3, 0.4) is 0 Å². The van der Waals surface area contributed by atoms with Crippen LogP contribution in [0.15, 0.2) is 28.0 Å². The number of esters is 1. The first-order chi connectivity index (χ1) is 9.14. The number of hydrogen-bond donors (Lipinski definition) is 0. The van der Waals surface area contributed by atoms with Crippen LogP contribution in [0.2, 0.25) is 0 Å². The molecule has 0 aliphatic rings. The van der Waals surface area contributed by atoms with E-state index in [0.717, 1.165) is 21.1 Å². The molecule has 0 spiro atoms. The quantitative estimate of drug-likeness (QED) is 0.717. The fourth-order valence-electron chi connectivity index (χ4n) is 1.44. The van der Waals surface area contributed by atoms with Crippen molar-refractivity contribution < 1.29 is 17.9 Å². The summed E-state index contributed by atoms with van der Waals surface area (Å²) in [7, 11) is -0.880. The molecule has 112 valence electrons. The Labute approximate surface area is 117 Å². The van der Waals surface area contributed by atoms with Crippen LogP contribution < -0.4 is 5.56 Å². The second kappa shape index (κ2) is 6.19. The SMILES string of the molecule is CC(C)OC(=O)Cn1cc(S(=O)(=O)N(C)C)ccc1=O. The molecule has 0 radical (unpaired) electrons. The second-order valence-electron chi connectivity index (χ2n) is 4.66. The van der Waals surface area contributed by atoms with E-state index in [1.807, 2.05) is 0 Å². The maximum atomic E-state index is 12.0. The lowest BCUT2D eigenvalue weighted by Crippen LogP contribution is -2.28. The maximum Gasteiger partial charge on any atom is 0.326 e. The Balaban J connectivity index is 3.11. The number of sulfonamides is 1. The molecule has 0 aliphatic heterocycles. The molecule has 0 N–H and O–H groups in total. The number of nitrogens with zero attached hydrogens (tertiary/aromatic N) is 2. The lowest BCUT2D eigenvalue weighted by molar-refractivity contribution is -0.148. The molecule has 7 nitrogen and oxygen atoms in total. The average Bonchev–Trinajstić information content (AvgIpc) is 2.30. The number of rotatable bonds is 5. The summed E-state index contributed by atoms with van der Waals surface area (Å²) >= 11 is 0. The Kier molecular flexibility index (Phi) is 5.07. The Bertz CT molecular complexity index is 646. The second-order valence-corrected chi connectivity index (χ2v) is 6.81. The van der Waals surface area contributed by atoms with Crippen LogP contribution in [0.25, 0.3) is 0 Å². The van der Waals surface area contributed by atoms with Gasteiger partial charge in [-0.25, -0.2) is 12.7 Å². The van der Waals surface area contributed by atoms with Gasteiger partial charge in [0.05, 0.1) is 11.0 Å². The molecule has 1 aromatic rings. The fourth-order valence-corrected chi connectivity index (χ4v) is 2.36. The van der Waals surface area contributed by atoms with Gasteiger partial charge < -0.3 is 9.30 Å². The molecule has 0 unspecified atom stereocenters. The molecule has 0 fully saturated rings. The highest BCUT2D eigenvalue weighted by molar-refractivity contribution is 7.89. The van der Waals surface area contributed by atoms with Crippen LogP contribution in [0.5, 0.6) is 0 Å².